The van der Waals surface area contributed by atoms with Crippen LogP contribution >= 0.6 is 0 Å². The van der Waals surface area contributed by atoms with Crippen molar-refractivity contribution in [2.24, 2.45) is 0 Å². The summed E-state index contributed by atoms with van der Waals surface area (Å²) in [5.74, 6) is -1.55. The fourth-order valence-electron chi connectivity index (χ4n) is 2.13. The molecule has 2 aromatic carbocycles. The van der Waals surface area contributed by atoms with Gasteiger partial charge in [0.2, 0.25) is 0 Å². The molecule has 0 unspecified atom stereocenters. The highest BCUT2D eigenvalue weighted by Crippen LogP contribution is 2.10. The van der Waals surface area contributed by atoms with Gasteiger partial charge in [-0.05, 0) is 42.8 Å². The molecule has 1 N–H and O–H groups in total. The Hall–Kier alpha value is -3.41. The van der Waals surface area contributed by atoms with Crippen molar-refractivity contribution < 1.29 is 23.9 Å². The zero-order valence-electron chi connectivity index (χ0n) is 14.5. The third-order valence-corrected chi connectivity index (χ3v) is 3.39. The number of aryl methyl sites for hydroxylation is 1. The lowest BCUT2D eigenvalue weighted by atomic mass is 10.1. The molecule has 0 atom stereocenters. The SMILES string of the molecule is COC(=O)c1ccc(NC(=O)COC(=O)/C=C/c2cccc(C)c2)cc1. The van der Waals surface area contributed by atoms with Crippen molar-refractivity contribution in [2.45, 2.75) is 6.92 Å². The van der Waals surface area contributed by atoms with Crippen molar-refractivity contribution in [3.63, 3.8) is 0 Å². The van der Waals surface area contributed by atoms with Gasteiger partial charge in [0, 0.05) is 11.8 Å². The van der Waals surface area contributed by atoms with E-state index in [1.165, 1.54) is 25.3 Å². The van der Waals surface area contributed by atoms with Crippen molar-refractivity contribution in [2.75, 3.05) is 19.0 Å². The van der Waals surface area contributed by atoms with Gasteiger partial charge in [0.1, 0.15) is 0 Å². The van der Waals surface area contributed by atoms with Crippen molar-refractivity contribution in [3.8, 4) is 0 Å². The summed E-state index contributed by atoms with van der Waals surface area (Å²) in [6.07, 6.45) is 2.89. The highest BCUT2D eigenvalue weighted by atomic mass is 16.5. The molecule has 6 heteroatoms. The second-order valence-corrected chi connectivity index (χ2v) is 5.47. The minimum absolute atomic E-state index is 0.373. The molecular weight excluding hydrogens is 334 g/mol. The number of hydrogen-bond donors (Lipinski definition) is 1. The van der Waals surface area contributed by atoms with Gasteiger partial charge in [-0.2, -0.15) is 0 Å². The molecule has 6 nitrogen and oxygen atoms in total. The third-order valence-electron chi connectivity index (χ3n) is 3.39. The van der Waals surface area contributed by atoms with E-state index in [0.29, 0.717) is 11.3 Å². The van der Waals surface area contributed by atoms with Crippen LogP contribution in [-0.2, 0) is 19.1 Å². The summed E-state index contributed by atoms with van der Waals surface area (Å²) >= 11 is 0. The molecule has 2 rings (SSSR count). The fourth-order valence-corrected chi connectivity index (χ4v) is 2.13. The first kappa shape index (κ1) is 18.9. The Morgan fingerprint density at radius 2 is 1.81 bits per heavy atom. The molecule has 0 aliphatic heterocycles. The minimum atomic E-state index is -0.609. The molecule has 2 aromatic rings. The van der Waals surface area contributed by atoms with Crippen LogP contribution in [0.4, 0.5) is 5.69 Å². The molecule has 134 valence electrons. The summed E-state index contributed by atoms with van der Waals surface area (Å²) < 4.78 is 9.49. The Balaban J connectivity index is 1.80. The number of hydrogen-bond acceptors (Lipinski definition) is 5. The molecule has 0 aliphatic rings. The van der Waals surface area contributed by atoms with Gasteiger partial charge in [-0.25, -0.2) is 9.59 Å². The first-order valence-electron chi connectivity index (χ1n) is 7.87. The number of esters is 2. The normalized spacial score (nSPS) is 10.4. The van der Waals surface area contributed by atoms with E-state index in [-0.39, 0.29) is 0 Å². The van der Waals surface area contributed by atoms with Crippen LogP contribution in [-0.4, -0.2) is 31.6 Å². The highest BCUT2D eigenvalue weighted by Gasteiger charge is 2.08. The van der Waals surface area contributed by atoms with Gasteiger partial charge in [-0.15, -0.1) is 0 Å². The summed E-state index contributed by atoms with van der Waals surface area (Å²) in [6.45, 7) is 1.55. The zero-order valence-corrected chi connectivity index (χ0v) is 14.5. The van der Waals surface area contributed by atoms with Crippen molar-refractivity contribution in [1.29, 1.82) is 0 Å². The molecule has 0 fully saturated rings. The van der Waals surface area contributed by atoms with Crippen LogP contribution in [0.25, 0.3) is 6.08 Å². The fraction of sp³-hybridized carbons (Fsp3) is 0.150. The molecule has 0 saturated carbocycles. The highest BCUT2D eigenvalue weighted by molar-refractivity contribution is 5.95. The number of rotatable bonds is 6. The number of carbonyl (C=O) groups excluding carboxylic acids is 3. The van der Waals surface area contributed by atoms with Gasteiger partial charge in [-0.3, -0.25) is 4.79 Å². The molecule has 0 saturated heterocycles. The number of ether oxygens (including phenoxy) is 2. The summed E-state index contributed by atoms with van der Waals surface area (Å²) in [4.78, 5) is 34.8. The van der Waals surface area contributed by atoms with Crippen LogP contribution in [0.3, 0.4) is 0 Å². The standard InChI is InChI=1S/C20H19NO5/c1-14-4-3-5-15(12-14)6-11-19(23)26-13-18(22)21-17-9-7-16(8-10-17)20(24)25-2/h3-12H,13H2,1-2H3,(H,21,22)/b11-6+. The third kappa shape index (κ3) is 5.90. The van der Waals surface area contributed by atoms with Crippen LogP contribution in [0.15, 0.2) is 54.6 Å². The van der Waals surface area contributed by atoms with E-state index in [9.17, 15) is 14.4 Å². The molecule has 0 aliphatic carbocycles. The summed E-state index contributed by atoms with van der Waals surface area (Å²) in [5, 5.41) is 2.57. The lowest BCUT2D eigenvalue weighted by Crippen LogP contribution is -2.20. The minimum Gasteiger partial charge on any atom is -0.465 e. The number of carbonyl (C=O) groups is 3. The topological polar surface area (TPSA) is 81.7 Å². The molecular formula is C20H19NO5. The maximum Gasteiger partial charge on any atom is 0.337 e. The average Bonchev–Trinajstić information content (AvgIpc) is 2.64. The largest absolute Gasteiger partial charge is 0.465 e. The van der Waals surface area contributed by atoms with Crippen LogP contribution in [0.2, 0.25) is 0 Å². The van der Waals surface area contributed by atoms with Gasteiger partial charge in [0.25, 0.3) is 5.91 Å². The Morgan fingerprint density at radius 1 is 1.08 bits per heavy atom. The predicted molar refractivity (Wildman–Crippen MR) is 97.6 cm³/mol. The Kier molecular flexibility index (Phi) is 6.68. The van der Waals surface area contributed by atoms with E-state index in [2.05, 4.69) is 10.1 Å². The molecule has 0 heterocycles. The van der Waals surface area contributed by atoms with Gasteiger partial charge in [0.15, 0.2) is 6.61 Å². The second-order valence-electron chi connectivity index (χ2n) is 5.47. The van der Waals surface area contributed by atoms with E-state index in [0.717, 1.165) is 11.1 Å². The van der Waals surface area contributed by atoms with Crippen LogP contribution in [0.5, 0.6) is 0 Å². The predicted octanol–water partition coefficient (Wildman–Crippen LogP) is 2.98. The number of amides is 1. The zero-order chi connectivity index (χ0) is 18.9. The van der Waals surface area contributed by atoms with Crippen LogP contribution in [0.1, 0.15) is 21.5 Å². The summed E-state index contributed by atoms with van der Waals surface area (Å²) in [6, 6.07) is 13.8. The quantitative estimate of drug-likeness (QED) is 0.638. The summed E-state index contributed by atoms with van der Waals surface area (Å²) in [7, 11) is 1.29. The van der Waals surface area contributed by atoms with E-state index < -0.39 is 24.5 Å². The number of nitrogens with one attached hydrogen (secondary N) is 1. The number of methoxy groups -OCH3 is 1. The maximum absolute atomic E-state index is 11.8. The monoisotopic (exact) mass is 353 g/mol. The van der Waals surface area contributed by atoms with E-state index in [1.54, 1.807) is 18.2 Å². The maximum atomic E-state index is 11.8. The second kappa shape index (κ2) is 9.17. The van der Waals surface area contributed by atoms with Crippen molar-refractivity contribution in [3.05, 3.63) is 71.3 Å². The van der Waals surface area contributed by atoms with Gasteiger partial charge < -0.3 is 14.8 Å². The average molecular weight is 353 g/mol. The lowest BCUT2D eigenvalue weighted by Gasteiger charge is -2.06. The molecule has 1 amide bonds. The summed E-state index contributed by atoms with van der Waals surface area (Å²) in [5.41, 5.74) is 2.81. The van der Waals surface area contributed by atoms with E-state index in [4.69, 9.17) is 4.74 Å². The van der Waals surface area contributed by atoms with Gasteiger partial charge >= 0.3 is 11.9 Å². The van der Waals surface area contributed by atoms with Crippen molar-refractivity contribution in [1.82, 2.24) is 0 Å². The molecule has 0 radical (unpaired) electrons. The van der Waals surface area contributed by atoms with Crippen LogP contribution < -0.4 is 5.32 Å². The van der Waals surface area contributed by atoms with E-state index >= 15 is 0 Å². The molecule has 0 bridgehead atoms. The van der Waals surface area contributed by atoms with Gasteiger partial charge in [-0.1, -0.05) is 29.8 Å². The molecule has 26 heavy (non-hydrogen) atoms. The molecule has 0 aromatic heterocycles. The van der Waals surface area contributed by atoms with Crippen molar-refractivity contribution >= 4 is 29.6 Å². The van der Waals surface area contributed by atoms with Crippen LogP contribution in [0, 0.1) is 6.92 Å². The Morgan fingerprint density at radius 3 is 2.46 bits per heavy atom. The lowest BCUT2D eigenvalue weighted by molar-refractivity contribution is -0.142. The Bertz CT molecular complexity index is 824. The number of anilines is 1. The Labute approximate surface area is 151 Å². The smallest absolute Gasteiger partial charge is 0.337 e. The van der Waals surface area contributed by atoms with E-state index in [1.807, 2.05) is 31.2 Å². The first-order chi connectivity index (χ1) is 12.5. The number of benzene rings is 2. The van der Waals surface area contributed by atoms with Gasteiger partial charge in [0.05, 0.1) is 12.7 Å². The first-order valence-corrected chi connectivity index (χ1v) is 7.87. The molecule has 0 spiro atoms.